The predicted octanol–water partition coefficient (Wildman–Crippen LogP) is 5.57. The normalized spacial score (nSPS) is 27.7. The fourth-order valence-corrected chi connectivity index (χ4v) is 7.89. The molecule has 42 heavy (non-hydrogen) atoms. The molecule has 7 nitrogen and oxygen atoms in total. The Morgan fingerprint density at radius 2 is 1.55 bits per heavy atom. The zero-order chi connectivity index (χ0) is 29.2. The Hall–Kier alpha value is -4.33. The number of halogens is 1. The van der Waals surface area contributed by atoms with E-state index in [-0.39, 0.29) is 24.3 Å². The summed E-state index contributed by atoms with van der Waals surface area (Å²) in [7, 11) is 0. The van der Waals surface area contributed by atoms with Crippen LogP contribution in [0, 0.1) is 24.6 Å². The first-order valence-electron chi connectivity index (χ1n) is 14.7. The van der Waals surface area contributed by atoms with Gasteiger partial charge in [0.15, 0.2) is 0 Å². The van der Waals surface area contributed by atoms with Gasteiger partial charge in [0.05, 0.1) is 23.6 Å². The lowest BCUT2D eigenvalue weighted by Crippen LogP contribution is -2.56. The first-order valence-corrected chi connectivity index (χ1v) is 14.7. The predicted molar refractivity (Wildman–Crippen MR) is 154 cm³/mol. The van der Waals surface area contributed by atoms with Crippen molar-refractivity contribution in [2.75, 3.05) is 4.90 Å². The van der Waals surface area contributed by atoms with Crippen LogP contribution in [0.25, 0.3) is 0 Å². The zero-order valence-electron chi connectivity index (χ0n) is 23.4. The molecule has 5 amide bonds. The first kappa shape index (κ1) is 26.6. The molecule has 3 saturated heterocycles. The standard InChI is InChI=1S/C34H32FN3O4/c1-21-9-8-14-26(19-21)37-32(41)34(20-22-10-4-2-5-11-22)28-27(30(39)36(31(28)40)25-12-6-3-7-13-25)29(38(34)33(37)42)23-15-17-24(35)18-16-23/h2,4-5,8-11,14-19,25,27-29H,3,6-7,12-13,20H2,1H3/t27?,28?,29?,34-/m1/s1. The van der Waals surface area contributed by atoms with E-state index in [0.29, 0.717) is 11.3 Å². The largest absolute Gasteiger partial charge is 0.332 e. The van der Waals surface area contributed by atoms with E-state index in [1.165, 1.54) is 26.8 Å². The molecule has 4 atom stereocenters. The summed E-state index contributed by atoms with van der Waals surface area (Å²) in [5.41, 5.74) is 0.982. The van der Waals surface area contributed by atoms with E-state index in [2.05, 4.69) is 0 Å². The van der Waals surface area contributed by atoms with Crippen LogP contribution in [0.5, 0.6) is 0 Å². The molecule has 214 valence electrons. The maximum absolute atomic E-state index is 14.9. The molecule has 3 aromatic rings. The summed E-state index contributed by atoms with van der Waals surface area (Å²) in [6.45, 7) is 1.88. The average Bonchev–Trinajstić information content (AvgIpc) is 3.52. The molecule has 3 unspecified atom stereocenters. The number of likely N-dealkylation sites (tertiary alicyclic amines) is 1. The molecule has 4 fully saturated rings. The number of hydrogen-bond acceptors (Lipinski definition) is 4. The second-order valence-electron chi connectivity index (χ2n) is 12.1. The fraction of sp³-hybridized carbons (Fsp3) is 0.353. The number of aryl methyl sites for hydroxylation is 1. The molecule has 1 aliphatic carbocycles. The number of amides is 5. The zero-order valence-corrected chi connectivity index (χ0v) is 23.4. The van der Waals surface area contributed by atoms with E-state index in [1.54, 1.807) is 30.3 Å². The molecule has 8 heteroatoms. The third-order valence-corrected chi connectivity index (χ3v) is 9.65. The Bertz CT molecular complexity index is 1590. The van der Waals surface area contributed by atoms with Crippen LogP contribution >= 0.6 is 0 Å². The second kappa shape index (κ2) is 9.89. The molecule has 0 N–H and O–H groups in total. The molecule has 1 saturated carbocycles. The number of urea groups is 1. The molecule has 0 spiro atoms. The van der Waals surface area contributed by atoms with Crippen molar-refractivity contribution < 1.29 is 23.6 Å². The fourth-order valence-electron chi connectivity index (χ4n) is 7.89. The van der Waals surface area contributed by atoms with Crippen LogP contribution in [0.1, 0.15) is 54.8 Å². The maximum atomic E-state index is 14.9. The summed E-state index contributed by atoms with van der Waals surface area (Å²) in [5, 5.41) is 0. The minimum atomic E-state index is -1.62. The van der Waals surface area contributed by atoms with Gasteiger partial charge in [0.25, 0.3) is 5.91 Å². The lowest BCUT2D eigenvalue weighted by molar-refractivity contribution is -0.147. The van der Waals surface area contributed by atoms with Gasteiger partial charge < -0.3 is 4.90 Å². The van der Waals surface area contributed by atoms with Crippen molar-refractivity contribution in [1.29, 1.82) is 0 Å². The number of anilines is 1. The van der Waals surface area contributed by atoms with E-state index in [0.717, 1.165) is 43.2 Å². The van der Waals surface area contributed by atoms with Crippen LogP contribution in [0.4, 0.5) is 14.9 Å². The van der Waals surface area contributed by atoms with E-state index in [1.807, 2.05) is 43.3 Å². The molecule has 0 bridgehead atoms. The smallest absolute Gasteiger partial charge is 0.300 e. The monoisotopic (exact) mass is 565 g/mol. The maximum Gasteiger partial charge on any atom is 0.332 e. The summed E-state index contributed by atoms with van der Waals surface area (Å²) in [6, 6.07) is 20.5. The third kappa shape index (κ3) is 3.77. The molecule has 4 aliphatic rings. The van der Waals surface area contributed by atoms with Crippen molar-refractivity contribution in [3.05, 3.63) is 101 Å². The molecule has 3 heterocycles. The molecule has 0 radical (unpaired) electrons. The van der Waals surface area contributed by atoms with Gasteiger partial charge in [-0.2, -0.15) is 0 Å². The number of benzene rings is 3. The Labute approximate surface area is 243 Å². The van der Waals surface area contributed by atoms with E-state index >= 15 is 0 Å². The highest BCUT2D eigenvalue weighted by Crippen LogP contribution is 2.60. The van der Waals surface area contributed by atoms with Gasteiger partial charge in [-0.15, -0.1) is 0 Å². The van der Waals surface area contributed by atoms with Crippen LogP contribution < -0.4 is 4.90 Å². The summed E-state index contributed by atoms with van der Waals surface area (Å²) in [6.07, 6.45) is 4.46. The average molecular weight is 566 g/mol. The lowest BCUT2D eigenvalue weighted by atomic mass is 9.75. The SMILES string of the molecule is Cc1cccc(N2C(=O)N3C(c4ccc(F)cc4)C4C(=O)N(C5CCCCC5)C(=O)C4[C@]3(Cc3ccccc3)C2=O)c1. The Morgan fingerprint density at radius 3 is 2.24 bits per heavy atom. The minimum Gasteiger partial charge on any atom is -0.300 e. The van der Waals surface area contributed by atoms with Gasteiger partial charge in [0.2, 0.25) is 11.8 Å². The van der Waals surface area contributed by atoms with E-state index in [4.69, 9.17) is 0 Å². The molecular weight excluding hydrogens is 533 g/mol. The highest BCUT2D eigenvalue weighted by atomic mass is 19.1. The molecule has 3 aliphatic heterocycles. The summed E-state index contributed by atoms with van der Waals surface area (Å²) < 4.78 is 14.1. The van der Waals surface area contributed by atoms with Crippen LogP contribution in [-0.2, 0) is 20.8 Å². The third-order valence-electron chi connectivity index (χ3n) is 9.65. The van der Waals surface area contributed by atoms with Crippen LogP contribution in [0.2, 0.25) is 0 Å². The van der Waals surface area contributed by atoms with Gasteiger partial charge in [-0.25, -0.2) is 14.1 Å². The quantitative estimate of drug-likeness (QED) is 0.299. The van der Waals surface area contributed by atoms with Crippen molar-refractivity contribution in [3.8, 4) is 0 Å². The molecular formula is C34H32FN3O4. The number of nitrogens with zero attached hydrogens (tertiary/aromatic N) is 3. The van der Waals surface area contributed by atoms with Gasteiger partial charge in [-0.05, 0) is 60.7 Å². The van der Waals surface area contributed by atoms with Gasteiger partial charge in [-0.1, -0.05) is 73.9 Å². The van der Waals surface area contributed by atoms with Crippen LogP contribution in [0.3, 0.4) is 0 Å². The van der Waals surface area contributed by atoms with Gasteiger partial charge in [-0.3, -0.25) is 19.3 Å². The van der Waals surface area contributed by atoms with Crippen molar-refractivity contribution in [3.63, 3.8) is 0 Å². The Balaban J connectivity index is 1.45. The van der Waals surface area contributed by atoms with E-state index < -0.39 is 41.2 Å². The highest BCUT2D eigenvalue weighted by molar-refractivity contribution is 6.27. The number of hydrogen-bond donors (Lipinski definition) is 0. The minimum absolute atomic E-state index is 0.0805. The van der Waals surface area contributed by atoms with Gasteiger partial charge in [0, 0.05) is 12.5 Å². The lowest BCUT2D eigenvalue weighted by Gasteiger charge is -2.37. The Kier molecular flexibility index (Phi) is 6.26. The van der Waals surface area contributed by atoms with Crippen molar-refractivity contribution >= 4 is 29.4 Å². The highest BCUT2D eigenvalue weighted by Gasteiger charge is 2.77. The van der Waals surface area contributed by atoms with E-state index in [9.17, 15) is 23.6 Å². The van der Waals surface area contributed by atoms with Crippen molar-refractivity contribution in [1.82, 2.24) is 9.80 Å². The van der Waals surface area contributed by atoms with Crippen molar-refractivity contribution in [2.45, 2.75) is 63.1 Å². The van der Waals surface area contributed by atoms with Crippen molar-refractivity contribution in [2.24, 2.45) is 11.8 Å². The summed E-state index contributed by atoms with van der Waals surface area (Å²) in [4.78, 5) is 62.3. The van der Waals surface area contributed by atoms with Crippen LogP contribution in [-0.4, -0.2) is 45.1 Å². The summed E-state index contributed by atoms with van der Waals surface area (Å²) in [5.74, 6) is -3.68. The second-order valence-corrected chi connectivity index (χ2v) is 12.1. The summed E-state index contributed by atoms with van der Waals surface area (Å²) >= 11 is 0. The number of carbonyl (C=O) groups is 4. The number of rotatable bonds is 5. The van der Waals surface area contributed by atoms with Crippen LogP contribution in [0.15, 0.2) is 78.9 Å². The number of imide groups is 2. The van der Waals surface area contributed by atoms with Gasteiger partial charge in [0.1, 0.15) is 11.4 Å². The topological polar surface area (TPSA) is 78.0 Å². The first-order chi connectivity index (χ1) is 20.3. The molecule has 0 aromatic heterocycles. The Morgan fingerprint density at radius 1 is 0.833 bits per heavy atom. The van der Waals surface area contributed by atoms with Gasteiger partial charge >= 0.3 is 6.03 Å². The molecule has 7 rings (SSSR count). The number of fused-ring (bicyclic) bond motifs is 3. The number of carbonyl (C=O) groups excluding carboxylic acids is 4. The molecule has 3 aromatic carbocycles.